The molecule has 3 rings (SSSR count). The zero-order chi connectivity index (χ0) is 17.1. The molecule has 0 radical (unpaired) electrons. The van der Waals surface area contributed by atoms with E-state index in [1.165, 1.54) is 10.7 Å². The number of rotatable bonds is 4. The van der Waals surface area contributed by atoms with Gasteiger partial charge < -0.3 is 4.74 Å². The minimum atomic E-state index is -0.195. The highest BCUT2D eigenvalue weighted by Gasteiger charge is 2.09. The van der Waals surface area contributed by atoms with Crippen LogP contribution in [0.4, 0.5) is 0 Å². The molecular weight excluding hydrogens is 347 g/mol. The van der Waals surface area contributed by atoms with Crippen LogP contribution in [0, 0.1) is 0 Å². The van der Waals surface area contributed by atoms with E-state index < -0.39 is 0 Å². The summed E-state index contributed by atoms with van der Waals surface area (Å²) in [6.45, 7) is 0.304. The Morgan fingerprint density at radius 3 is 2.58 bits per heavy atom. The Hall–Kier alpha value is -2.30. The van der Waals surface area contributed by atoms with E-state index in [9.17, 15) is 4.79 Å². The number of para-hydroxylation sites is 1. The number of methoxy groups -OCH3 is 1. The molecule has 0 aliphatic heterocycles. The van der Waals surface area contributed by atoms with Crippen LogP contribution >= 0.6 is 23.2 Å². The first-order chi connectivity index (χ1) is 11.6. The molecule has 122 valence electrons. The molecule has 0 saturated heterocycles. The van der Waals surface area contributed by atoms with Crippen molar-refractivity contribution in [2.24, 2.45) is 0 Å². The lowest BCUT2D eigenvalue weighted by Gasteiger charge is -2.10. The molecule has 0 N–H and O–H groups in total. The lowest BCUT2D eigenvalue weighted by atomic mass is 10.1. The second-order valence-corrected chi connectivity index (χ2v) is 5.98. The van der Waals surface area contributed by atoms with E-state index in [0.29, 0.717) is 28.0 Å². The summed E-state index contributed by atoms with van der Waals surface area (Å²) >= 11 is 12.0. The number of ether oxygens (including phenoxy) is 1. The third kappa shape index (κ3) is 3.45. The molecule has 0 saturated carbocycles. The summed E-state index contributed by atoms with van der Waals surface area (Å²) in [6, 6.07) is 16.0. The molecule has 0 spiro atoms. The molecule has 0 amide bonds. The number of halogens is 2. The van der Waals surface area contributed by atoms with Crippen molar-refractivity contribution >= 4 is 23.2 Å². The van der Waals surface area contributed by atoms with Gasteiger partial charge in [-0.25, -0.2) is 4.68 Å². The van der Waals surface area contributed by atoms with E-state index in [1.54, 1.807) is 25.3 Å². The maximum absolute atomic E-state index is 12.1. The van der Waals surface area contributed by atoms with Gasteiger partial charge in [0.25, 0.3) is 5.56 Å². The SMILES string of the molecule is COc1ccccc1-c1ccc(=O)n(Cc2ccc(Cl)c(Cl)c2)n1. The first kappa shape index (κ1) is 16.6. The Morgan fingerprint density at radius 1 is 1.04 bits per heavy atom. The molecule has 1 aromatic heterocycles. The molecule has 0 bridgehead atoms. The summed E-state index contributed by atoms with van der Waals surface area (Å²) in [6.07, 6.45) is 0. The molecular formula is C18H14Cl2N2O2. The van der Waals surface area contributed by atoms with Gasteiger partial charge in [-0.1, -0.05) is 41.4 Å². The van der Waals surface area contributed by atoms with Crippen molar-refractivity contribution in [3.63, 3.8) is 0 Å². The second-order valence-electron chi connectivity index (χ2n) is 5.16. The average Bonchev–Trinajstić information content (AvgIpc) is 2.60. The minimum Gasteiger partial charge on any atom is -0.496 e. The predicted molar refractivity (Wildman–Crippen MR) is 96.0 cm³/mol. The fraction of sp³-hybridized carbons (Fsp3) is 0.111. The highest BCUT2D eigenvalue weighted by Crippen LogP contribution is 2.27. The van der Waals surface area contributed by atoms with Crippen LogP contribution in [0.2, 0.25) is 10.0 Å². The van der Waals surface area contributed by atoms with Crippen LogP contribution in [0.3, 0.4) is 0 Å². The second kappa shape index (κ2) is 7.07. The largest absolute Gasteiger partial charge is 0.496 e. The zero-order valence-electron chi connectivity index (χ0n) is 12.9. The van der Waals surface area contributed by atoms with Crippen LogP contribution in [0.1, 0.15) is 5.56 Å². The standard InChI is InChI=1S/C18H14Cl2N2O2/c1-24-17-5-3-2-4-13(17)16-8-9-18(23)22(21-16)11-12-6-7-14(19)15(20)10-12/h2-10H,11H2,1H3. The van der Waals surface area contributed by atoms with Gasteiger partial charge in [0.15, 0.2) is 0 Å². The van der Waals surface area contributed by atoms with Gasteiger partial charge in [0, 0.05) is 11.6 Å². The number of hydrogen-bond donors (Lipinski definition) is 0. The van der Waals surface area contributed by atoms with Crippen LogP contribution in [-0.2, 0) is 6.54 Å². The minimum absolute atomic E-state index is 0.195. The molecule has 24 heavy (non-hydrogen) atoms. The number of hydrogen-bond acceptors (Lipinski definition) is 3. The van der Waals surface area contributed by atoms with Gasteiger partial charge in [-0.2, -0.15) is 5.10 Å². The van der Waals surface area contributed by atoms with Crippen molar-refractivity contribution in [2.75, 3.05) is 7.11 Å². The van der Waals surface area contributed by atoms with Crippen molar-refractivity contribution in [3.05, 3.63) is 80.6 Å². The normalized spacial score (nSPS) is 10.6. The maximum Gasteiger partial charge on any atom is 0.267 e. The van der Waals surface area contributed by atoms with E-state index in [2.05, 4.69) is 5.10 Å². The first-order valence-corrected chi connectivity index (χ1v) is 7.99. The van der Waals surface area contributed by atoms with Crippen molar-refractivity contribution < 1.29 is 4.74 Å². The van der Waals surface area contributed by atoms with Gasteiger partial charge in [-0.05, 0) is 35.9 Å². The van der Waals surface area contributed by atoms with Crippen LogP contribution in [0.5, 0.6) is 5.75 Å². The number of aromatic nitrogens is 2. The van der Waals surface area contributed by atoms with Gasteiger partial charge in [0.2, 0.25) is 0 Å². The molecule has 0 aliphatic rings. The van der Waals surface area contributed by atoms with Crippen LogP contribution < -0.4 is 10.3 Å². The summed E-state index contributed by atoms with van der Waals surface area (Å²) in [4.78, 5) is 12.1. The smallest absolute Gasteiger partial charge is 0.267 e. The Morgan fingerprint density at radius 2 is 1.83 bits per heavy atom. The third-order valence-corrected chi connectivity index (χ3v) is 4.30. The Bertz CT molecular complexity index is 938. The predicted octanol–water partition coefficient (Wildman–Crippen LogP) is 4.27. The Labute approximate surface area is 149 Å². The summed E-state index contributed by atoms with van der Waals surface area (Å²) in [5, 5.41) is 5.37. The summed E-state index contributed by atoms with van der Waals surface area (Å²) in [5.74, 6) is 0.699. The van der Waals surface area contributed by atoms with Gasteiger partial charge in [0.05, 0.1) is 29.4 Å². The van der Waals surface area contributed by atoms with Gasteiger partial charge >= 0.3 is 0 Å². The lowest BCUT2D eigenvalue weighted by Crippen LogP contribution is -2.22. The van der Waals surface area contributed by atoms with E-state index in [-0.39, 0.29) is 5.56 Å². The van der Waals surface area contributed by atoms with Crippen molar-refractivity contribution in [1.82, 2.24) is 9.78 Å². The maximum atomic E-state index is 12.1. The topological polar surface area (TPSA) is 44.1 Å². The summed E-state index contributed by atoms with van der Waals surface area (Å²) in [7, 11) is 1.60. The monoisotopic (exact) mass is 360 g/mol. The Balaban J connectivity index is 2.00. The van der Waals surface area contributed by atoms with Gasteiger partial charge in [-0.3, -0.25) is 4.79 Å². The van der Waals surface area contributed by atoms with Crippen LogP contribution in [-0.4, -0.2) is 16.9 Å². The molecule has 4 nitrogen and oxygen atoms in total. The van der Waals surface area contributed by atoms with E-state index >= 15 is 0 Å². The van der Waals surface area contributed by atoms with E-state index in [4.69, 9.17) is 27.9 Å². The fourth-order valence-electron chi connectivity index (χ4n) is 2.37. The fourth-order valence-corrected chi connectivity index (χ4v) is 2.69. The third-order valence-electron chi connectivity index (χ3n) is 3.57. The molecule has 0 aliphatic carbocycles. The summed E-state index contributed by atoms with van der Waals surface area (Å²) < 4.78 is 6.75. The molecule has 0 unspecified atom stereocenters. The van der Waals surface area contributed by atoms with Crippen LogP contribution in [0.25, 0.3) is 11.3 Å². The van der Waals surface area contributed by atoms with Crippen molar-refractivity contribution in [1.29, 1.82) is 0 Å². The number of benzene rings is 2. The van der Waals surface area contributed by atoms with E-state index in [1.807, 2.05) is 30.3 Å². The Kier molecular flexibility index (Phi) is 4.88. The van der Waals surface area contributed by atoms with Crippen molar-refractivity contribution in [2.45, 2.75) is 6.54 Å². The molecule has 2 aromatic carbocycles. The molecule has 6 heteroatoms. The quantitative estimate of drug-likeness (QED) is 0.697. The molecule has 0 atom stereocenters. The summed E-state index contributed by atoms with van der Waals surface area (Å²) in [5.41, 5.74) is 2.13. The van der Waals surface area contributed by atoms with E-state index in [0.717, 1.165) is 11.1 Å². The molecule has 0 fully saturated rings. The first-order valence-electron chi connectivity index (χ1n) is 7.24. The molecule has 3 aromatic rings. The lowest BCUT2D eigenvalue weighted by molar-refractivity contribution is 0.416. The molecule has 1 heterocycles. The number of nitrogens with zero attached hydrogens (tertiary/aromatic N) is 2. The van der Waals surface area contributed by atoms with Gasteiger partial charge in [0.1, 0.15) is 5.75 Å². The van der Waals surface area contributed by atoms with Crippen LogP contribution in [0.15, 0.2) is 59.4 Å². The van der Waals surface area contributed by atoms with Gasteiger partial charge in [-0.15, -0.1) is 0 Å². The highest BCUT2D eigenvalue weighted by molar-refractivity contribution is 6.42. The zero-order valence-corrected chi connectivity index (χ0v) is 14.4. The average molecular weight is 361 g/mol. The van der Waals surface area contributed by atoms with Crippen molar-refractivity contribution in [3.8, 4) is 17.0 Å². The highest BCUT2D eigenvalue weighted by atomic mass is 35.5.